The van der Waals surface area contributed by atoms with Crippen molar-refractivity contribution < 1.29 is 22.8 Å². The minimum absolute atomic E-state index is 0.124. The molecule has 2 aromatic rings. The Bertz CT molecular complexity index is 1270. The Hall–Kier alpha value is -3.24. The molecule has 1 heterocycles. The molecule has 0 bridgehead atoms. The molecule has 2 N–H and O–H groups in total. The number of amides is 4. The van der Waals surface area contributed by atoms with Crippen LogP contribution in [-0.4, -0.2) is 55.1 Å². The quantitative estimate of drug-likeness (QED) is 0.543. The fourth-order valence-corrected chi connectivity index (χ4v) is 6.14. The number of carbonyl (C=O) groups excluding carboxylic acids is 3. The lowest BCUT2D eigenvalue weighted by Gasteiger charge is -2.23. The molecule has 9 nitrogen and oxygen atoms in total. The summed E-state index contributed by atoms with van der Waals surface area (Å²) in [5.74, 6) is -1.05. The lowest BCUT2D eigenvalue weighted by Crippen LogP contribution is -2.42. The van der Waals surface area contributed by atoms with Crippen molar-refractivity contribution in [2.75, 3.05) is 25.0 Å². The Labute approximate surface area is 205 Å². The van der Waals surface area contributed by atoms with E-state index in [-0.39, 0.29) is 4.90 Å². The van der Waals surface area contributed by atoms with Crippen LogP contribution >= 0.6 is 0 Å². The number of carbonyl (C=O) groups is 3. The summed E-state index contributed by atoms with van der Waals surface area (Å²) in [6, 6.07) is 11.0. The topological polar surface area (TPSA) is 116 Å². The Morgan fingerprint density at radius 3 is 2.37 bits per heavy atom. The first-order valence-corrected chi connectivity index (χ1v) is 13.2. The maximum Gasteiger partial charge on any atom is 0.325 e. The van der Waals surface area contributed by atoms with E-state index in [0.717, 1.165) is 24.2 Å². The Kier molecular flexibility index (Phi) is 6.70. The Morgan fingerprint density at radius 1 is 1.06 bits per heavy atom. The van der Waals surface area contributed by atoms with Gasteiger partial charge in [-0.3, -0.25) is 14.5 Å². The third-order valence-corrected chi connectivity index (χ3v) is 8.80. The van der Waals surface area contributed by atoms with E-state index in [2.05, 4.69) is 10.6 Å². The lowest BCUT2D eigenvalue weighted by molar-refractivity contribution is -0.133. The number of urea groups is 1. The summed E-state index contributed by atoms with van der Waals surface area (Å²) in [4.78, 5) is 39.5. The van der Waals surface area contributed by atoms with Crippen molar-refractivity contribution >= 4 is 33.6 Å². The number of hydrogen-bond acceptors (Lipinski definition) is 5. The average molecular weight is 499 g/mol. The van der Waals surface area contributed by atoms with Crippen molar-refractivity contribution in [2.24, 2.45) is 0 Å². The molecule has 2 aliphatic rings. The van der Waals surface area contributed by atoms with Crippen molar-refractivity contribution in [3.63, 3.8) is 0 Å². The lowest BCUT2D eigenvalue weighted by atomic mass is 9.89. The fourth-order valence-electron chi connectivity index (χ4n) is 4.69. The number of aryl methyl sites for hydroxylation is 2. The number of benzene rings is 2. The molecule has 0 spiro atoms. The van der Waals surface area contributed by atoms with Gasteiger partial charge in [-0.15, -0.1) is 0 Å². The molecule has 1 saturated heterocycles. The smallest absolute Gasteiger partial charge is 0.325 e. The number of nitrogens with one attached hydrogen (secondary N) is 2. The van der Waals surface area contributed by atoms with Gasteiger partial charge in [0.15, 0.2) is 0 Å². The van der Waals surface area contributed by atoms with E-state index in [0.29, 0.717) is 24.3 Å². The predicted octanol–water partition coefficient (Wildman–Crippen LogP) is 2.61. The van der Waals surface area contributed by atoms with E-state index < -0.39 is 40.0 Å². The van der Waals surface area contributed by atoms with Crippen LogP contribution in [0.2, 0.25) is 0 Å². The average Bonchev–Trinajstić information content (AvgIpc) is 3.38. The number of sulfonamides is 1. The van der Waals surface area contributed by atoms with Crippen molar-refractivity contribution in [3.05, 3.63) is 59.2 Å². The fraction of sp³-hybridized carbons (Fsp3) is 0.400. The molecular weight excluding hydrogens is 468 g/mol. The highest BCUT2D eigenvalue weighted by Gasteiger charge is 2.49. The number of rotatable bonds is 8. The second-order valence-corrected chi connectivity index (χ2v) is 10.9. The molecule has 1 atom stereocenters. The summed E-state index contributed by atoms with van der Waals surface area (Å²) in [6.45, 7) is 5.43. The molecule has 2 aromatic carbocycles. The highest BCUT2D eigenvalue weighted by Crippen LogP contribution is 2.32. The molecule has 10 heteroatoms. The van der Waals surface area contributed by atoms with Gasteiger partial charge >= 0.3 is 6.03 Å². The van der Waals surface area contributed by atoms with Gasteiger partial charge in [0, 0.05) is 18.8 Å². The minimum Gasteiger partial charge on any atom is -0.325 e. The van der Waals surface area contributed by atoms with Crippen LogP contribution < -0.4 is 10.6 Å². The third kappa shape index (κ3) is 4.55. The van der Waals surface area contributed by atoms with Gasteiger partial charge in [0.2, 0.25) is 15.9 Å². The van der Waals surface area contributed by atoms with Gasteiger partial charge in [-0.1, -0.05) is 32.0 Å². The van der Waals surface area contributed by atoms with Crippen LogP contribution in [0, 0.1) is 0 Å². The maximum atomic E-state index is 13.2. The number of anilines is 1. The van der Waals surface area contributed by atoms with Crippen LogP contribution in [0.4, 0.5) is 10.5 Å². The summed E-state index contributed by atoms with van der Waals surface area (Å²) in [5, 5.41) is 5.36. The van der Waals surface area contributed by atoms with Crippen LogP contribution in [0.1, 0.15) is 43.9 Å². The van der Waals surface area contributed by atoms with E-state index in [1.165, 1.54) is 39.7 Å². The molecule has 186 valence electrons. The first kappa shape index (κ1) is 24.9. The second-order valence-electron chi connectivity index (χ2n) is 8.95. The zero-order chi connectivity index (χ0) is 25.4. The van der Waals surface area contributed by atoms with Gasteiger partial charge in [-0.25, -0.2) is 13.2 Å². The van der Waals surface area contributed by atoms with Crippen LogP contribution in [-0.2, 0) is 38.0 Å². The third-order valence-electron chi connectivity index (χ3n) is 6.73. The van der Waals surface area contributed by atoms with Gasteiger partial charge in [-0.2, -0.15) is 4.31 Å². The van der Waals surface area contributed by atoms with Crippen LogP contribution in [0.25, 0.3) is 0 Å². The van der Waals surface area contributed by atoms with Crippen molar-refractivity contribution in [3.8, 4) is 0 Å². The number of fused-ring (bicyclic) bond motifs is 1. The van der Waals surface area contributed by atoms with Crippen molar-refractivity contribution in [1.82, 2.24) is 14.5 Å². The van der Waals surface area contributed by atoms with Gasteiger partial charge in [-0.05, 0) is 67.1 Å². The summed E-state index contributed by atoms with van der Waals surface area (Å²) >= 11 is 0. The maximum absolute atomic E-state index is 13.2. The number of imide groups is 1. The molecule has 1 aliphatic heterocycles. The molecule has 0 radical (unpaired) electrons. The summed E-state index contributed by atoms with van der Waals surface area (Å²) in [7, 11) is -3.61. The first-order valence-electron chi connectivity index (χ1n) is 11.8. The molecule has 0 unspecified atom stereocenters. The van der Waals surface area contributed by atoms with E-state index >= 15 is 0 Å². The minimum atomic E-state index is -3.61. The number of hydrogen-bond donors (Lipinski definition) is 2. The molecule has 1 aliphatic carbocycles. The first-order chi connectivity index (χ1) is 16.6. The van der Waals surface area contributed by atoms with Gasteiger partial charge in [0.25, 0.3) is 5.91 Å². The van der Waals surface area contributed by atoms with E-state index in [1.807, 2.05) is 18.2 Å². The van der Waals surface area contributed by atoms with Crippen LogP contribution in [0.15, 0.2) is 47.4 Å². The SMILES string of the molecule is CCN(CC)S(=O)(=O)c1ccc(NC(=O)CN2C(=O)N[C@@](C)(c3ccc4c(c3)CCC4)C2=O)cc1. The largest absolute Gasteiger partial charge is 0.325 e. The zero-order valence-electron chi connectivity index (χ0n) is 20.1. The second kappa shape index (κ2) is 9.43. The molecule has 0 saturated carbocycles. The Balaban J connectivity index is 1.44. The molecule has 35 heavy (non-hydrogen) atoms. The molecule has 4 rings (SSSR count). The monoisotopic (exact) mass is 498 g/mol. The van der Waals surface area contributed by atoms with Gasteiger partial charge < -0.3 is 10.6 Å². The number of nitrogens with zero attached hydrogens (tertiary/aromatic N) is 2. The van der Waals surface area contributed by atoms with Crippen molar-refractivity contribution in [2.45, 2.75) is 50.5 Å². The molecule has 1 fully saturated rings. The van der Waals surface area contributed by atoms with Crippen LogP contribution in [0.5, 0.6) is 0 Å². The predicted molar refractivity (Wildman–Crippen MR) is 131 cm³/mol. The van der Waals surface area contributed by atoms with Crippen molar-refractivity contribution in [1.29, 1.82) is 0 Å². The zero-order valence-corrected chi connectivity index (χ0v) is 20.9. The standard InChI is InChI=1S/C25H30N4O5S/c1-4-28(5-2)35(33,34)21-13-11-20(12-14-21)26-22(30)16-29-23(31)25(3,27-24(29)32)19-10-9-17-7-6-8-18(17)15-19/h9-15H,4-8,16H2,1-3H3,(H,26,30)(H,27,32)/t25-/m0/s1. The normalized spacial score (nSPS) is 19.7. The van der Waals surface area contributed by atoms with E-state index in [1.54, 1.807) is 20.8 Å². The molecule has 0 aromatic heterocycles. The highest BCUT2D eigenvalue weighted by molar-refractivity contribution is 7.89. The van der Waals surface area contributed by atoms with Gasteiger partial charge in [0.05, 0.1) is 4.90 Å². The molecule has 4 amide bonds. The summed E-state index contributed by atoms with van der Waals surface area (Å²) < 4.78 is 26.6. The van der Waals surface area contributed by atoms with Gasteiger partial charge in [0.1, 0.15) is 12.1 Å². The Morgan fingerprint density at radius 2 is 1.71 bits per heavy atom. The highest BCUT2D eigenvalue weighted by atomic mass is 32.2. The summed E-state index contributed by atoms with van der Waals surface area (Å²) in [6.07, 6.45) is 3.04. The van der Waals surface area contributed by atoms with E-state index in [9.17, 15) is 22.8 Å². The van der Waals surface area contributed by atoms with E-state index in [4.69, 9.17) is 0 Å². The molecular formula is C25H30N4O5S. The summed E-state index contributed by atoms with van der Waals surface area (Å²) in [5.41, 5.74) is 2.27. The van der Waals surface area contributed by atoms with Crippen LogP contribution in [0.3, 0.4) is 0 Å².